The molecule has 0 amide bonds. The molecule has 0 saturated carbocycles. The van der Waals surface area contributed by atoms with E-state index < -0.39 is 9.05 Å². The summed E-state index contributed by atoms with van der Waals surface area (Å²) in [5.41, 5.74) is 0.855. The number of hydrogen-bond donors (Lipinski definition) is 0. The monoisotopic (exact) mass is 298 g/mol. The minimum absolute atomic E-state index is 0.00781. The standard InChI is InChI=1S/C12H11ClN2O3S/c13-19(16,17)11-5-3-8-15-12(11)18-9-6-10-4-1-2-7-14-10/h1-5,7-8H,6,9H2. The van der Waals surface area contributed by atoms with Crippen LogP contribution in [0.2, 0.25) is 0 Å². The summed E-state index contributed by atoms with van der Waals surface area (Å²) < 4.78 is 28.0. The van der Waals surface area contributed by atoms with Gasteiger partial charge in [-0.15, -0.1) is 0 Å². The third-order valence-electron chi connectivity index (χ3n) is 2.32. The summed E-state index contributed by atoms with van der Waals surface area (Å²) >= 11 is 0. The molecule has 5 nitrogen and oxygen atoms in total. The van der Waals surface area contributed by atoms with Crippen molar-refractivity contribution in [2.45, 2.75) is 11.3 Å². The maximum atomic E-state index is 11.3. The second-order valence-corrected chi connectivity index (χ2v) is 6.20. The fraction of sp³-hybridized carbons (Fsp3) is 0.167. The molecule has 2 aromatic rings. The molecule has 0 N–H and O–H groups in total. The Bertz CT molecular complexity index is 647. The molecule has 2 rings (SSSR count). The third kappa shape index (κ3) is 3.90. The Labute approximate surface area is 115 Å². The Balaban J connectivity index is 2.05. The lowest BCUT2D eigenvalue weighted by Gasteiger charge is -2.07. The first-order chi connectivity index (χ1) is 9.07. The van der Waals surface area contributed by atoms with E-state index in [-0.39, 0.29) is 17.4 Å². The SMILES string of the molecule is O=S(=O)(Cl)c1cccnc1OCCc1ccccn1. The number of halogens is 1. The van der Waals surface area contributed by atoms with Crippen LogP contribution >= 0.6 is 10.7 Å². The molecular weight excluding hydrogens is 288 g/mol. The van der Waals surface area contributed by atoms with E-state index in [9.17, 15) is 8.42 Å². The largest absolute Gasteiger partial charge is 0.476 e. The van der Waals surface area contributed by atoms with Gasteiger partial charge in [0.1, 0.15) is 4.90 Å². The van der Waals surface area contributed by atoms with Crippen molar-refractivity contribution in [3.05, 3.63) is 48.4 Å². The maximum absolute atomic E-state index is 11.3. The molecule has 2 aromatic heterocycles. The second-order valence-electron chi connectivity index (χ2n) is 3.66. The van der Waals surface area contributed by atoms with Crippen LogP contribution in [0, 0.1) is 0 Å². The summed E-state index contributed by atoms with van der Waals surface area (Å²) in [5.74, 6) is 0.00781. The highest BCUT2D eigenvalue weighted by Gasteiger charge is 2.17. The first kappa shape index (κ1) is 13.8. The normalized spacial score (nSPS) is 11.2. The van der Waals surface area contributed by atoms with E-state index in [4.69, 9.17) is 15.4 Å². The molecule has 0 spiro atoms. The molecule has 0 aliphatic rings. The molecule has 0 aromatic carbocycles. The zero-order valence-electron chi connectivity index (χ0n) is 9.86. The fourth-order valence-electron chi connectivity index (χ4n) is 1.47. The molecule has 100 valence electrons. The van der Waals surface area contributed by atoms with Crippen molar-refractivity contribution in [3.63, 3.8) is 0 Å². The molecule has 0 radical (unpaired) electrons. The van der Waals surface area contributed by atoms with Crippen LogP contribution in [0.15, 0.2) is 47.6 Å². The van der Waals surface area contributed by atoms with Crippen molar-refractivity contribution in [1.29, 1.82) is 0 Å². The van der Waals surface area contributed by atoms with Crippen molar-refractivity contribution < 1.29 is 13.2 Å². The van der Waals surface area contributed by atoms with E-state index in [1.807, 2.05) is 18.2 Å². The summed E-state index contributed by atoms with van der Waals surface area (Å²) in [6.45, 7) is 0.271. The van der Waals surface area contributed by atoms with Crippen molar-refractivity contribution in [3.8, 4) is 5.88 Å². The van der Waals surface area contributed by atoms with E-state index in [1.54, 1.807) is 6.20 Å². The molecule has 19 heavy (non-hydrogen) atoms. The van der Waals surface area contributed by atoms with Crippen LogP contribution in [0.5, 0.6) is 5.88 Å². The van der Waals surface area contributed by atoms with Gasteiger partial charge in [0.2, 0.25) is 5.88 Å². The number of rotatable bonds is 5. The molecule has 2 heterocycles. The van der Waals surface area contributed by atoms with E-state index in [1.165, 1.54) is 18.3 Å². The predicted molar refractivity (Wildman–Crippen MR) is 70.7 cm³/mol. The van der Waals surface area contributed by atoms with Crippen LogP contribution in [0.1, 0.15) is 5.69 Å². The Morgan fingerprint density at radius 3 is 2.58 bits per heavy atom. The van der Waals surface area contributed by atoms with E-state index >= 15 is 0 Å². The third-order valence-corrected chi connectivity index (χ3v) is 3.66. The highest BCUT2D eigenvalue weighted by Crippen LogP contribution is 2.23. The molecule has 0 fully saturated rings. The molecule has 7 heteroatoms. The van der Waals surface area contributed by atoms with Gasteiger partial charge in [-0.25, -0.2) is 13.4 Å². The zero-order valence-corrected chi connectivity index (χ0v) is 11.4. The van der Waals surface area contributed by atoms with Gasteiger partial charge in [0.05, 0.1) is 6.61 Å². The van der Waals surface area contributed by atoms with Crippen LogP contribution in [-0.2, 0) is 15.5 Å². The topological polar surface area (TPSA) is 69.2 Å². The van der Waals surface area contributed by atoms with Crippen LogP contribution in [0.25, 0.3) is 0 Å². The molecular formula is C12H11ClN2O3S. The minimum Gasteiger partial charge on any atom is -0.476 e. The van der Waals surface area contributed by atoms with Crippen molar-refractivity contribution in [1.82, 2.24) is 9.97 Å². The minimum atomic E-state index is -3.86. The highest BCUT2D eigenvalue weighted by molar-refractivity contribution is 8.13. The van der Waals surface area contributed by atoms with Gasteiger partial charge in [0.15, 0.2) is 0 Å². The first-order valence-electron chi connectivity index (χ1n) is 5.50. The maximum Gasteiger partial charge on any atom is 0.266 e. The molecule has 0 aliphatic heterocycles. The lowest BCUT2D eigenvalue weighted by Crippen LogP contribution is -2.06. The number of aromatic nitrogens is 2. The van der Waals surface area contributed by atoms with Gasteiger partial charge in [-0.3, -0.25) is 4.98 Å². The molecule has 0 aliphatic carbocycles. The second kappa shape index (κ2) is 5.99. The highest BCUT2D eigenvalue weighted by atomic mass is 35.7. The van der Waals surface area contributed by atoms with Gasteiger partial charge >= 0.3 is 0 Å². The van der Waals surface area contributed by atoms with Gasteiger partial charge in [0, 0.05) is 35.2 Å². The lowest BCUT2D eigenvalue weighted by molar-refractivity contribution is 0.299. The Morgan fingerprint density at radius 2 is 1.89 bits per heavy atom. The number of nitrogens with zero attached hydrogens (tertiary/aromatic N) is 2. The number of ether oxygens (including phenoxy) is 1. The molecule has 0 saturated heterocycles. The zero-order chi connectivity index (χ0) is 13.7. The van der Waals surface area contributed by atoms with E-state index in [0.29, 0.717) is 6.42 Å². The summed E-state index contributed by atoms with van der Waals surface area (Å²) in [5, 5.41) is 0. The Hall–Kier alpha value is -1.66. The average Bonchev–Trinajstić information content (AvgIpc) is 2.39. The van der Waals surface area contributed by atoms with Crippen molar-refractivity contribution in [2.75, 3.05) is 6.61 Å². The van der Waals surface area contributed by atoms with Crippen LogP contribution < -0.4 is 4.74 Å². The van der Waals surface area contributed by atoms with Crippen molar-refractivity contribution >= 4 is 19.7 Å². The first-order valence-corrected chi connectivity index (χ1v) is 7.81. The average molecular weight is 299 g/mol. The van der Waals surface area contributed by atoms with Crippen LogP contribution in [0.3, 0.4) is 0 Å². The lowest BCUT2D eigenvalue weighted by atomic mass is 10.3. The van der Waals surface area contributed by atoms with Crippen LogP contribution in [-0.4, -0.2) is 25.0 Å². The molecule has 0 atom stereocenters. The molecule has 0 unspecified atom stereocenters. The van der Waals surface area contributed by atoms with Crippen molar-refractivity contribution in [2.24, 2.45) is 0 Å². The Kier molecular flexibility index (Phi) is 4.34. The van der Waals surface area contributed by atoms with Gasteiger partial charge in [0.25, 0.3) is 9.05 Å². The van der Waals surface area contributed by atoms with Gasteiger partial charge in [-0.2, -0.15) is 0 Å². The number of hydrogen-bond acceptors (Lipinski definition) is 5. The fourth-order valence-corrected chi connectivity index (χ4v) is 2.38. The van der Waals surface area contributed by atoms with Crippen LogP contribution in [0.4, 0.5) is 0 Å². The Morgan fingerprint density at radius 1 is 1.11 bits per heavy atom. The summed E-state index contributed by atoms with van der Waals surface area (Å²) in [4.78, 5) is 7.88. The van der Waals surface area contributed by atoms with E-state index in [2.05, 4.69) is 9.97 Å². The smallest absolute Gasteiger partial charge is 0.266 e. The van der Waals surface area contributed by atoms with Gasteiger partial charge in [-0.1, -0.05) is 6.07 Å². The predicted octanol–water partition coefficient (Wildman–Crippen LogP) is 2.03. The summed E-state index contributed by atoms with van der Waals surface area (Å²) in [6, 6.07) is 8.40. The summed E-state index contributed by atoms with van der Waals surface area (Å²) in [7, 11) is 1.44. The molecule has 0 bridgehead atoms. The van der Waals surface area contributed by atoms with Gasteiger partial charge in [-0.05, 0) is 24.3 Å². The quantitative estimate of drug-likeness (QED) is 0.790. The van der Waals surface area contributed by atoms with E-state index in [0.717, 1.165) is 5.69 Å². The van der Waals surface area contributed by atoms with Gasteiger partial charge < -0.3 is 4.74 Å². The summed E-state index contributed by atoms with van der Waals surface area (Å²) in [6.07, 6.45) is 3.69. The number of pyridine rings is 2.